The smallest absolute Gasteiger partial charge is 0.263 e. The van der Waals surface area contributed by atoms with Gasteiger partial charge in [0.2, 0.25) is 11.2 Å². The van der Waals surface area contributed by atoms with Crippen LogP contribution in [0.1, 0.15) is 18.9 Å². The Hall–Kier alpha value is -3.71. The summed E-state index contributed by atoms with van der Waals surface area (Å²) in [7, 11) is -3.86. The molecular weight excluding hydrogens is 480 g/mol. The molecular formula is C21H22N6O5S2. The average molecular weight is 503 g/mol. The lowest BCUT2D eigenvalue weighted by Gasteiger charge is -2.10. The molecule has 0 aliphatic heterocycles. The molecule has 0 aliphatic carbocycles. The van der Waals surface area contributed by atoms with Crippen molar-refractivity contribution in [2.24, 2.45) is 10.2 Å². The predicted octanol–water partition coefficient (Wildman–Crippen LogP) is 3.73. The van der Waals surface area contributed by atoms with Crippen molar-refractivity contribution in [1.29, 1.82) is 0 Å². The molecule has 3 rings (SSSR count). The van der Waals surface area contributed by atoms with Gasteiger partial charge in [-0.05, 0) is 69.3 Å². The van der Waals surface area contributed by atoms with Gasteiger partial charge in [0.15, 0.2) is 5.78 Å². The van der Waals surface area contributed by atoms with Gasteiger partial charge in [-0.3, -0.25) is 14.3 Å². The molecule has 0 radical (unpaired) electrons. The van der Waals surface area contributed by atoms with Crippen LogP contribution in [0.5, 0.6) is 5.75 Å². The van der Waals surface area contributed by atoms with E-state index in [1.54, 1.807) is 31.2 Å². The second-order valence-electron chi connectivity index (χ2n) is 6.90. The number of benzene rings is 2. The van der Waals surface area contributed by atoms with E-state index in [0.29, 0.717) is 23.1 Å². The van der Waals surface area contributed by atoms with Gasteiger partial charge >= 0.3 is 0 Å². The van der Waals surface area contributed by atoms with E-state index in [1.165, 1.54) is 31.2 Å². The second-order valence-corrected chi connectivity index (χ2v) is 9.76. The number of carbonyl (C=O) groups excluding carboxylic acids is 2. The number of anilines is 2. The SMILES string of the molecule is CCOc1ccc(NC(=O)[C@@H](N=Nc2ccc(S(=O)(=O)Nc3nnc(C)s3)cc2)C(C)=O)cc1. The number of nitrogens with one attached hydrogen (secondary N) is 2. The van der Waals surface area contributed by atoms with Gasteiger partial charge in [0.1, 0.15) is 10.8 Å². The fraction of sp³-hybridized carbons (Fsp3) is 0.238. The Labute approximate surface area is 200 Å². The van der Waals surface area contributed by atoms with Gasteiger partial charge in [-0.1, -0.05) is 11.3 Å². The number of hydrogen-bond donors (Lipinski definition) is 2. The maximum atomic E-state index is 12.5. The Morgan fingerprint density at radius 1 is 1.09 bits per heavy atom. The number of hydrogen-bond acceptors (Lipinski definition) is 10. The summed E-state index contributed by atoms with van der Waals surface area (Å²) in [4.78, 5) is 24.5. The van der Waals surface area contributed by atoms with Crippen LogP contribution in [0.15, 0.2) is 63.7 Å². The van der Waals surface area contributed by atoms with E-state index in [9.17, 15) is 18.0 Å². The molecule has 2 N–H and O–H groups in total. The summed E-state index contributed by atoms with van der Waals surface area (Å²) in [5.41, 5.74) is 0.744. The van der Waals surface area contributed by atoms with Crippen molar-refractivity contribution in [3.05, 3.63) is 53.5 Å². The number of amides is 1. The molecule has 13 heteroatoms. The van der Waals surface area contributed by atoms with Gasteiger partial charge in [0.25, 0.3) is 15.9 Å². The van der Waals surface area contributed by atoms with Gasteiger partial charge in [-0.15, -0.1) is 10.2 Å². The van der Waals surface area contributed by atoms with E-state index < -0.39 is 27.8 Å². The lowest BCUT2D eigenvalue weighted by Crippen LogP contribution is -2.31. The van der Waals surface area contributed by atoms with Crippen LogP contribution in [-0.2, 0) is 19.6 Å². The van der Waals surface area contributed by atoms with Crippen LogP contribution < -0.4 is 14.8 Å². The van der Waals surface area contributed by atoms with Crippen molar-refractivity contribution in [2.45, 2.75) is 31.7 Å². The Kier molecular flexibility index (Phi) is 8.02. The molecule has 0 aliphatic rings. The largest absolute Gasteiger partial charge is 0.494 e. The number of aromatic nitrogens is 2. The molecule has 1 heterocycles. The Bertz CT molecular complexity index is 1290. The predicted molar refractivity (Wildman–Crippen MR) is 127 cm³/mol. The van der Waals surface area contributed by atoms with Crippen LogP contribution in [-0.4, -0.2) is 43.0 Å². The number of azo groups is 1. The zero-order valence-corrected chi connectivity index (χ0v) is 20.2. The zero-order valence-electron chi connectivity index (χ0n) is 18.5. The summed E-state index contributed by atoms with van der Waals surface area (Å²) in [6, 6.07) is 10.8. The van der Waals surface area contributed by atoms with E-state index >= 15 is 0 Å². The van der Waals surface area contributed by atoms with Crippen molar-refractivity contribution >= 4 is 49.6 Å². The van der Waals surface area contributed by atoms with Crippen LogP contribution in [0.2, 0.25) is 0 Å². The van der Waals surface area contributed by atoms with Gasteiger partial charge in [0.05, 0.1) is 17.2 Å². The number of sulfonamides is 1. The highest BCUT2D eigenvalue weighted by atomic mass is 32.2. The van der Waals surface area contributed by atoms with E-state index in [0.717, 1.165) is 11.3 Å². The molecule has 1 aromatic heterocycles. The number of carbonyl (C=O) groups is 2. The molecule has 34 heavy (non-hydrogen) atoms. The molecule has 0 bridgehead atoms. The number of aryl methyl sites for hydroxylation is 1. The minimum atomic E-state index is -3.86. The molecule has 1 amide bonds. The third kappa shape index (κ3) is 6.65. The average Bonchev–Trinajstić information content (AvgIpc) is 3.19. The highest BCUT2D eigenvalue weighted by Gasteiger charge is 2.23. The minimum absolute atomic E-state index is 0.0179. The van der Waals surface area contributed by atoms with E-state index in [4.69, 9.17) is 4.74 Å². The molecule has 2 aromatic carbocycles. The Morgan fingerprint density at radius 3 is 2.32 bits per heavy atom. The maximum absolute atomic E-state index is 12.5. The second kappa shape index (κ2) is 10.9. The number of ketones is 1. The first-order valence-electron chi connectivity index (χ1n) is 10.1. The fourth-order valence-corrected chi connectivity index (χ4v) is 4.48. The number of ether oxygens (including phenoxy) is 1. The molecule has 11 nitrogen and oxygen atoms in total. The van der Waals surface area contributed by atoms with Gasteiger partial charge in [-0.2, -0.15) is 10.2 Å². The Balaban J connectivity index is 1.67. The molecule has 178 valence electrons. The van der Waals surface area contributed by atoms with Crippen molar-refractivity contribution < 1.29 is 22.7 Å². The fourth-order valence-electron chi connectivity index (χ4n) is 2.66. The summed E-state index contributed by atoms with van der Waals surface area (Å²) in [5, 5.41) is 18.7. The number of Topliss-reactive ketones (excluding diaryl/α,β-unsaturated/α-hetero) is 1. The van der Waals surface area contributed by atoms with E-state index in [1.807, 2.05) is 6.92 Å². The van der Waals surface area contributed by atoms with Crippen molar-refractivity contribution in [2.75, 3.05) is 16.6 Å². The molecule has 0 saturated carbocycles. The monoisotopic (exact) mass is 502 g/mol. The standard InChI is InChI=1S/C21H22N6O5S2/c1-4-32-17-9-5-15(6-10-17)22-20(29)19(13(2)28)25-24-16-7-11-18(12-8-16)34(30,31)27-21-26-23-14(3)33-21/h5-12,19H,4H2,1-3H3,(H,22,29)(H,26,27)/t19-/m0/s1. The highest BCUT2D eigenvalue weighted by Crippen LogP contribution is 2.22. The lowest BCUT2D eigenvalue weighted by atomic mass is 10.2. The first-order chi connectivity index (χ1) is 16.2. The van der Waals surface area contributed by atoms with Gasteiger partial charge in [0, 0.05) is 5.69 Å². The van der Waals surface area contributed by atoms with Crippen molar-refractivity contribution in [3.63, 3.8) is 0 Å². The van der Waals surface area contributed by atoms with E-state index in [-0.39, 0.29) is 15.7 Å². The van der Waals surface area contributed by atoms with Crippen molar-refractivity contribution in [3.8, 4) is 5.75 Å². The van der Waals surface area contributed by atoms with Crippen molar-refractivity contribution in [1.82, 2.24) is 10.2 Å². The third-order valence-corrected chi connectivity index (χ3v) is 6.49. The van der Waals surface area contributed by atoms with Crippen LogP contribution in [0.3, 0.4) is 0 Å². The molecule has 0 spiro atoms. The molecule has 1 atom stereocenters. The normalized spacial score (nSPS) is 12.3. The summed E-state index contributed by atoms with van der Waals surface area (Å²) in [6.07, 6.45) is 0. The van der Waals surface area contributed by atoms with Crippen LogP contribution in [0.25, 0.3) is 0 Å². The summed E-state index contributed by atoms with van der Waals surface area (Å²) in [5.74, 6) is -0.485. The van der Waals surface area contributed by atoms with Crippen LogP contribution in [0, 0.1) is 6.92 Å². The van der Waals surface area contributed by atoms with Gasteiger partial charge < -0.3 is 10.1 Å². The lowest BCUT2D eigenvalue weighted by molar-refractivity contribution is -0.126. The highest BCUT2D eigenvalue weighted by molar-refractivity contribution is 7.93. The third-order valence-electron chi connectivity index (χ3n) is 4.25. The maximum Gasteiger partial charge on any atom is 0.263 e. The topological polar surface area (TPSA) is 152 Å². The Morgan fingerprint density at radius 2 is 1.76 bits per heavy atom. The first-order valence-corrected chi connectivity index (χ1v) is 12.4. The summed E-state index contributed by atoms with van der Waals surface area (Å²) < 4.78 is 32.6. The molecule has 3 aromatic rings. The number of nitrogens with zero attached hydrogens (tertiary/aromatic N) is 4. The summed E-state index contributed by atoms with van der Waals surface area (Å²) in [6.45, 7) is 5.33. The van der Waals surface area contributed by atoms with Gasteiger partial charge in [-0.25, -0.2) is 8.42 Å². The molecule has 0 unspecified atom stereocenters. The van der Waals surface area contributed by atoms with Crippen LogP contribution in [0.4, 0.5) is 16.5 Å². The van der Waals surface area contributed by atoms with Crippen LogP contribution >= 0.6 is 11.3 Å². The first kappa shape index (κ1) is 24.9. The quantitative estimate of drug-likeness (QED) is 0.316. The minimum Gasteiger partial charge on any atom is -0.494 e. The van der Waals surface area contributed by atoms with E-state index in [2.05, 4.69) is 30.5 Å². The zero-order chi connectivity index (χ0) is 24.7. The molecule has 0 saturated heterocycles. The molecule has 0 fully saturated rings. The number of rotatable bonds is 10. The summed E-state index contributed by atoms with van der Waals surface area (Å²) >= 11 is 1.11.